The van der Waals surface area contributed by atoms with Crippen molar-refractivity contribution in [2.45, 2.75) is 19.9 Å². The van der Waals surface area contributed by atoms with Crippen molar-refractivity contribution in [3.05, 3.63) is 48.4 Å². The summed E-state index contributed by atoms with van der Waals surface area (Å²) in [5, 5.41) is 7.53. The van der Waals surface area contributed by atoms with Gasteiger partial charge in [0.05, 0.1) is 16.7 Å². The number of aromatic nitrogens is 4. The van der Waals surface area contributed by atoms with Crippen molar-refractivity contribution < 1.29 is 0 Å². The summed E-state index contributed by atoms with van der Waals surface area (Å²) in [6.07, 6.45) is 4.77. The molecule has 0 aliphatic rings. The van der Waals surface area contributed by atoms with E-state index in [2.05, 4.69) is 20.4 Å². The van der Waals surface area contributed by atoms with Gasteiger partial charge in [-0.15, -0.1) is 0 Å². The van der Waals surface area contributed by atoms with Gasteiger partial charge in [0.1, 0.15) is 5.82 Å². The fraction of sp³-hybridized carbons (Fsp3) is 0.267. The van der Waals surface area contributed by atoms with Crippen LogP contribution < -0.4 is 5.32 Å². The molecule has 3 rings (SSSR count). The monoisotopic (exact) mass is 267 g/mol. The van der Waals surface area contributed by atoms with E-state index in [1.807, 2.05) is 48.1 Å². The predicted octanol–water partition coefficient (Wildman–Crippen LogP) is 2.64. The summed E-state index contributed by atoms with van der Waals surface area (Å²) < 4.78 is 1.93. The van der Waals surface area contributed by atoms with Gasteiger partial charge in [0, 0.05) is 25.5 Å². The third-order valence-corrected chi connectivity index (χ3v) is 3.16. The molecule has 0 radical (unpaired) electrons. The van der Waals surface area contributed by atoms with Gasteiger partial charge in [-0.1, -0.05) is 12.1 Å². The number of nitrogens with zero attached hydrogens (tertiary/aromatic N) is 4. The first kappa shape index (κ1) is 12.6. The Morgan fingerprint density at radius 2 is 1.90 bits per heavy atom. The molecule has 5 heteroatoms. The summed E-state index contributed by atoms with van der Waals surface area (Å²) in [6.45, 7) is 3.74. The molecule has 0 spiro atoms. The number of hydrogen-bond acceptors (Lipinski definition) is 4. The van der Waals surface area contributed by atoms with Crippen molar-refractivity contribution in [2.75, 3.05) is 11.9 Å². The number of benzene rings is 1. The number of para-hydroxylation sites is 2. The van der Waals surface area contributed by atoms with Crippen LogP contribution in [0, 0.1) is 6.92 Å². The molecule has 0 fully saturated rings. The van der Waals surface area contributed by atoms with Crippen LogP contribution in [0.2, 0.25) is 0 Å². The Hall–Kier alpha value is -2.43. The Bertz CT molecular complexity index is 691. The summed E-state index contributed by atoms with van der Waals surface area (Å²) in [4.78, 5) is 9.17. The molecular formula is C15H17N5. The minimum atomic E-state index is 0.855. The van der Waals surface area contributed by atoms with Crippen LogP contribution in [0.1, 0.15) is 12.1 Å². The third kappa shape index (κ3) is 2.77. The Balaban J connectivity index is 1.63. The van der Waals surface area contributed by atoms with Crippen LogP contribution in [0.15, 0.2) is 42.7 Å². The molecule has 0 bridgehead atoms. The van der Waals surface area contributed by atoms with Gasteiger partial charge < -0.3 is 5.32 Å². The van der Waals surface area contributed by atoms with Crippen molar-refractivity contribution in [3.8, 4) is 0 Å². The first-order valence-corrected chi connectivity index (χ1v) is 6.77. The molecular weight excluding hydrogens is 250 g/mol. The lowest BCUT2D eigenvalue weighted by Gasteiger charge is -2.09. The highest BCUT2D eigenvalue weighted by molar-refractivity contribution is 5.76. The lowest BCUT2D eigenvalue weighted by atomic mass is 10.3. The van der Waals surface area contributed by atoms with E-state index in [0.717, 1.165) is 42.1 Å². The molecule has 1 aromatic carbocycles. The molecule has 0 aliphatic carbocycles. The molecule has 0 saturated heterocycles. The minimum Gasteiger partial charge on any atom is -0.368 e. The van der Waals surface area contributed by atoms with Crippen LogP contribution >= 0.6 is 0 Å². The highest BCUT2D eigenvalue weighted by Gasteiger charge is 2.03. The maximum absolute atomic E-state index is 4.61. The van der Waals surface area contributed by atoms with Crippen molar-refractivity contribution in [2.24, 2.45) is 0 Å². The van der Waals surface area contributed by atoms with E-state index in [1.165, 1.54) is 0 Å². The zero-order chi connectivity index (χ0) is 13.8. The van der Waals surface area contributed by atoms with Gasteiger partial charge in [0.2, 0.25) is 0 Å². The van der Waals surface area contributed by atoms with Crippen LogP contribution in [0.5, 0.6) is 0 Å². The van der Waals surface area contributed by atoms with E-state index in [-0.39, 0.29) is 0 Å². The third-order valence-electron chi connectivity index (χ3n) is 3.16. The van der Waals surface area contributed by atoms with E-state index in [0.29, 0.717) is 0 Å². The second-order valence-corrected chi connectivity index (χ2v) is 4.70. The molecule has 3 aromatic rings. The Morgan fingerprint density at radius 3 is 2.65 bits per heavy atom. The topological polar surface area (TPSA) is 55.6 Å². The fourth-order valence-corrected chi connectivity index (χ4v) is 2.14. The van der Waals surface area contributed by atoms with Gasteiger partial charge in [0.25, 0.3) is 0 Å². The number of fused-ring (bicyclic) bond motifs is 1. The molecule has 102 valence electrons. The van der Waals surface area contributed by atoms with Crippen LogP contribution in [0.3, 0.4) is 0 Å². The largest absolute Gasteiger partial charge is 0.368 e. The second-order valence-electron chi connectivity index (χ2n) is 4.70. The van der Waals surface area contributed by atoms with Crippen LogP contribution in [0.25, 0.3) is 11.0 Å². The molecule has 0 saturated carbocycles. The maximum Gasteiger partial charge on any atom is 0.148 e. The minimum absolute atomic E-state index is 0.855. The Labute approximate surface area is 117 Å². The van der Waals surface area contributed by atoms with E-state index in [1.54, 1.807) is 6.20 Å². The van der Waals surface area contributed by atoms with Gasteiger partial charge in [0.15, 0.2) is 0 Å². The zero-order valence-electron chi connectivity index (χ0n) is 11.5. The van der Waals surface area contributed by atoms with Crippen molar-refractivity contribution in [3.63, 3.8) is 0 Å². The summed E-state index contributed by atoms with van der Waals surface area (Å²) in [7, 11) is 0. The average molecular weight is 267 g/mol. The second kappa shape index (κ2) is 5.69. The molecule has 1 N–H and O–H groups in total. The first-order valence-electron chi connectivity index (χ1n) is 6.77. The summed E-state index contributed by atoms with van der Waals surface area (Å²) in [5.74, 6) is 0.865. The van der Waals surface area contributed by atoms with Gasteiger partial charge in [-0.05, 0) is 31.5 Å². The lowest BCUT2D eigenvalue weighted by Crippen LogP contribution is -2.09. The van der Waals surface area contributed by atoms with Gasteiger partial charge in [-0.25, -0.2) is 9.97 Å². The van der Waals surface area contributed by atoms with E-state index in [4.69, 9.17) is 0 Å². The van der Waals surface area contributed by atoms with Gasteiger partial charge in [-0.3, -0.25) is 4.68 Å². The number of anilines is 1. The van der Waals surface area contributed by atoms with Crippen LogP contribution in [-0.4, -0.2) is 26.3 Å². The van der Waals surface area contributed by atoms with Gasteiger partial charge in [-0.2, -0.15) is 5.10 Å². The Kier molecular flexibility index (Phi) is 3.58. The summed E-state index contributed by atoms with van der Waals surface area (Å²) in [5.41, 5.74) is 2.79. The molecule has 0 amide bonds. The Morgan fingerprint density at radius 1 is 1.10 bits per heavy atom. The number of hydrogen-bond donors (Lipinski definition) is 1. The average Bonchev–Trinajstić information content (AvgIpc) is 2.97. The fourth-order valence-electron chi connectivity index (χ4n) is 2.14. The molecule has 2 heterocycles. The SMILES string of the molecule is Cc1nc2ccccc2nc1NCCCn1cccn1. The number of nitrogens with one attached hydrogen (secondary N) is 1. The summed E-state index contributed by atoms with van der Waals surface area (Å²) >= 11 is 0. The van der Waals surface area contributed by atoms with Gasteiger partial charge >= 0.3 is 0 Å². The smallest absolute Gasteiger partial charge is 0.148 e. The molecule has 0 unspecified atom stereocenters. The van der Waals surface area contributed by atoms with E-state index >= 15 is 0 Å². The molecule has 20 heavy (non-hydrogen) atoms. The van der Waals surface area contributed by atoms with Crippen LogP contribution in [-0.2, 0) is 6.54 Å². The van der Waals surface area contributed by atoms with E-state index in [9.17, 15) is 0 Å². The standard InChI is InChI=1S/C15H17N5/c1-12-15(16-8-4-10-20-11-5-9-17-20)19-14-7-3-2-6-13(14)18-12/h2-3,5-7,9,11H,4,8,10H2,1H3,(H,16,19). The highest BCUT2D eigenvalue weighted by Crippen LogP contribution is 2.15. The van der Waals surface area contributed by atoms with Crippen molar-refractivity contribution in [1.29, 1.82) is 0 Å². The van der Waals surface area contributed by atoms with Crippen molar-refractivity contribution >= 4 is 16.9 Å². The molecule has 0 atom stereocenters. The molecule has 0 aliphatic heterocycles. The highest BCUT2D eigenvalue weighted by atomic mass is 15.3. The number of rotatable bonds is 5. The maximum atomic E-state index is 4.61. The van der Waals surface area contributed by atoms with Crippen LogP contribution in [0.4, 0.5) is 5.82 Å². The predicted molar refractivity (Wildman–Crippen MR) is 79.6 cm³/mol. The first-order chi connectivity index (χ1) is 9.83. The zero-order valence-corrected chi connectivity index (χ0v) is 11.5. The molecule has 5 nitrogen and oxygen atoms in total. The normalized spacial score (nSPS) is 10.8. The summed E-state index contributed by atoms with van der Waals surface area (Å²) in [6, 6.07) is 9.86. The molecule has 2 aromatic heterocycles. The number of aryl methyl sites for hydroxylation is 2. The quantitative estimate of drug-likeness (QED) is 0.722. The lowest BCUT2D eigenvalue weighted by molar-refractivity contribution is 0.591. The van der Waals surface area contributed by atoms with Crippen molar-refractivity contribution in [1.82, 2.24) is 19.7 Å². The van der Waals surface area contributed by atoms with E-state index < -0.39 is 0 Å².